The van der Waals surface area contributed by atoms with Crippen LogP contribution in [0.5, 0.6) is 5.75 Å². The molecule has 1 amide bonds. The maximum atomic E-state index is 12.4. The van der Waals surface area contributed by atoms with Crippen molar-refractivity contribution >= 4 is 45.5 Å². The summed E-state index contributed by atoms with van der Waals surface area (Å²) in [5.74, 6) is 0.380. The van der Waals surface area contributed by atoms with Gasteiger partial charge in [-0.25, -0.2) is 5.43 Å². The summed E-state index contributed by atoms with van der Waals surface area (Å²) in [6.45, 7) is 4.12. The summed E-state index contributed by atoms with van der Waals surface area (Å²) in [7, 11) is 1.59. The number of nitrogens with zero attached hydrogens (tertiary/aromatic N) is 2. The second-order valence-electron chi connectivity index (χ2n) is 7.24. The molecule has 0 atom stereocenters. The number of hydrogen-bond donors (Lipinski definition) is 1. The molecule has 0 radical (unpaired) electrons. The number of benzene rings is 3. The predicted molar refractivity (Wildman–Crippen MR) is 134 cm³/mol. The van der Waals surface area contributed by atoms with Gasteiger partial charge in [-0.1, -0.05) is 30.3 Å². The molecule has 31 heavy (non-hydrogen) atoms. The maximum absolute atomic E-state index is 12.4. The van der Waals surface area contributed by atoms with Crippen LogP contribution in [0.4, 0.5) is 0 Å². The number of fused-ring (bicyclic) bond motifs is 1. The van der Waals surface area contributed by atoms with E-state index >= 15 is 0 Å². The van der Waals surface area contributed by atoms with Crippen LogP contribution in [0.3, 0.4) is 0 Å². The van der Waals surface area contributed by atoms with Crippen LogP contribution in [0.25, 0.3) is 16.5 Å². The largest absolute Gasteiger partial charge is 0.496 e. The van der Waals surface area contributed by atoms with Gasteiger partial charge in [-0.05, 0) is 83.6 Å². The van der Waals surface area contributed by atoms with E-state index < -0.39 is 0 Å². The van der Waals surface area contributed by atoms with Crippen LogP contribution < -0.4 is 10.2 Å². The zero-order valence-electron chi connectivity index (χ0n) is 17.5. The number of rotatable bonds is 5. The number of aromatic nitrogens is 1. The molecule has 0 spiro atoms. The summed E-state index contributed by atoms with van der Waals surface area (Å²) in [6, 6.07) is 22.1. The molecule has 0 saturated heterocycles. The lowest BCUT2D eigenvalue weighted by molar-refractivity contribution is 0.0954. The van der Waals surface area contributed by atoms with Gasteiger partial charge in [0.15, 0.2) is 0 Å². The number of carbonyl (C=O) groups is 1. The summed E-state index contributed by atoms with van der Waals surface area (Å²) in [5.41, 5.74) is 7.31. The fraction of sp³-hybridized carbons (Fsp3) is 0.120. The lowest BCUT2D eigenvalue weighted by Crippen LogP contribution is -2.17. The van der Waals surface area contributed by atoms with Gasteiger partial charge in [0, 0.05) is 28.2 Å². The molecule has 1 heterocycles. The minimum Gasteiger partial charge on any atom is -0.496 e. The van der Waals surface area contributed by atoms with Crippen LogP contribution in [-0.2, 0) is 0 Å². The Labute approximate surface area is 194 Å². The lowest BCUT2D eigenvalue weighted by Gasteiger charge is -2.11. The van der Waals surface area contributed by atoms with Crippen molar-refractivity contribution in [2.45, 2.75) is 13.8 Å². The molecule has 0 saturated carbocycles. The van der Waals surface area contributed by atoms with Crippen molar-refractivity contribution in [3.63, 3.8) is 0 Å². The Morgan fingerprint density at radius 3 is 2.58 bits per heavy atom. The minimum absolute atomic E-state index is 0.283. The first-order valence-corrected chi connectivity index (χ1v) is 10.9. The van der Waals surface area contributed by atoms with Gasteiger partial charge in [0.2, 0.25) is 0 Å². The topological polar surface area (TPSA) is 55.6 Å². The molecular formula is C25H22IN3O2. The highest BCUT2D eigenvalue weighted by Crippen LogP contribution is 2.24. The van der Waals surface area contributed by atoms with Crippen LogP contribution in [0.15, 0.2) is 71.8 Å². The first-order chi connectivity index (χ1) is 15.0. The molecule has 1 aromatic heterocycles. The minimum atomic E-state index is -0.283. The number of carbonyl (C=O) groups excluding carboxylic acids is 1. The maximum Gasteiger partial charge on any atom is 0.271 e. The molecule has 4 rings (SSSR count). The molecule has 0 aliphatic rings. The normalized spacial score (nSPS) is 11.2. The first-order valence-electron chi connectivity index (χ1n) is 9.83. The summed E-state index contributed by atoms with van der Waals surface area (Å²) in [4.78, 5) is 12.4. The number of halogens is 1. The number of hydrazone groups is 1. The van der Waals surface area contributed by atoms with Crippen molar-refractivity contribution < 1.29 is 9.53 Å². The van der Waals surface area contributed by atoms with E-state index in [1.54, 1.807) is 25.5 Å². The molecule has 0 bridgehead atoms. The SMILES string of the molecule is COc1cc(C(=O)N/N=C\c2cc(C)n(-c3ccc4ccccc4c3)c2C)ccc1I. The molecule has 3 aromatic carbocycles. The van der Waals surface area contributed by atoms with E-state index in [0.717, 1.165) is 26.2 Å². The van der Waals surface area contributed by atoms with Crippen molar-refractivity contribution in [2.75, 3.05) is 7.11 Å². The van der Waals surface area contributed by atoms with Crippen LogP contribution in [0, 0.1) is 17.4 Å². The Bertz CT molecular complexity index is 1310. The van der Waals surface area contributed by atoms with Crippen LogP contribution in [0.1, 0.15) is 27.3 Å². The quantitative estimate of drug-likeness (QED) is 0.210. The van der Waals surface area contributed by atoms with E-state index in [2.05, 4.69) is 87.9 Å². The first kappa shape index (κ1) is 21.1. The van der Waals surface area contributed by atoms with Crippen molar-refractivity contribution in [3.8, 4) is 11.4 Å². The van der Waals surface area contributed by atoms with E-state index in [1.165, 1.54) is 10.8 Å². The third-order valence-corrected chi connectivity index (χ3v) is 6.14. The van der Waals surface area contributed by atoms with Crippen LogP contribution in [0.2, 0.25) is 0 Å². The Kier molecular flexibility index (Phi) is 6.08. The Morgan fingerprint density at radius 2 is 1.81 bits per heavy atom. The average Bonchev–Trinajstić information content (AvgIpc) is 3.06. The second-order valence-corrected chi connectivity index (χ2v) is 8.40. The van der Waals surface area contributed by atoms with Crippen molar-refractivity contribution in [1.29, 1.82) is 0 Å². The average molecular weight is 523 g/mol. The van der Waals surface area contributed by atoms with Gasteiger partial charge in [-0.3, -0.25) is 4.79 Å². The van der Waals surface area contributed by atoms with Gasteiger partial charge < -0.3 is 9.30 Å². The number of aryl methyl sites for hydroxylation is 1. The van der Waals surface area contributed by atoms with Crippen molar-refractivity contribution in [1.82, 2.24) is 9.99 Å². The molecule has 4 aromatic rings. The third kappa shape index (κ3) is 4.34. The van der Waals surface area contributed by atoms with Crippen molar-refractivity contribution in [2.24, 2.45) is 5.10 Å². The summed E-state index contributed by atoms with van der Waals surface area (Å²) < 4.78 is 8.42. The standard InChI is InChI=1S/C25H22IN3O2/c1-16-12-21(15-27-28-25(30)20-9-11-23(26)24(14-20)31-3)17(2)29(16)22-10-8-18-6-4-5-7-19(18)13-22/h4-15H,1-3H3,(H,28,30)/b27-15-. The van der Waals surface area contributed by atoms with E-state index in [-0.39, 0.29) is 5.91 Å². The second kappa shape index (κ2) is 8.93. The molecule has 0 unspecified atom stereocenters. The smallest absolute Gasteiger partial charge is 0.271 e. The zero-order valence-corrected chi connectivity index (χ0v) is 19.7. The van der Waals surface area contributed by atoms with Gasteiger partial charge in [0.1, 0.15) is 5.75 Å². The van der Waals surface area contributed by atoms with E-state index in [0.29, 0.717) is 11.3 Å². The monoisotopic (exact) mass is 523 g/mol. The Hall–Kier alpha value is -3.13. The molecule has 0 fully saturated rings. The van der Waals surface area contributed by atoms with E-state index in [1.807, 2.05) is 18.2 Å². The van der Waals surface area contributed by atoms with E-state index in [4.69, 9.17) is 4.74 Å². The number of ether oxygens (including phenoxy) is 1. The van der Waals surface area contributed by atoms with Gasteiger partial charge in [0.25, 0.3) is 5.91 Å². The van der Waals surface area contributed by atoms with Crippen LogP contribution >= 0.6 is 22.6 Å². The van der Waals surface area contributed by atoms with Crippen LogP contribution in [-0.4, -0.2) is 23.8 Å². The van der Waals surface area contributed by atoms with Gasteiger partial charge in [-0.2, -0.15) is 5.10 Å². The summed E-state index contributed by atoms with van der Waals surface area (Å²) in [5, 5.41) is 6.58. The number of hydrogen-bond acceptors (Lipinski definition) is 3. The molecule has 156 valence electrons. The number of nitrogens with one attached hydrogen (secondary N) is 1. The summed E-state index contributed by atoms with van der Waals surface area (Å²) >= 11 is 2.17. The molecule has 0 aliphatic carbocycles. The summed E-state index contributed by atoms with van der Waals surface area (Å²) in [6.07, 6.45) is 1.68. The number of methoxy groups -OCH3 is 1. The molecule has 6 heteroatoms. The van der Waals surface area contributed by atoms with E-state index in [9.17, 15) is 4.79 Å². The Balaban J connectivity index is 1.55. The van der Waals surface area contributed by atoms with Gasteiger partial charge in [0.05, 0.1) is 16.9 Å². The highest BCUT2D eigenvalue weighted by molar-refractivity contribution is 14.1. The highest BCUT2D eigenvalue weighted by Gasteiger charge is 2.11. The third-order valence-electron chi connectivity index (χ3n) is 5.24. The lowest BCUT2D eigenvalue weighted by atomic mass is 10.1. The molecule has 0 aliphatic heterocycles. The number of amides is 1. The zero-order chi connectivity index (χ0) is 22.0. The molecule has 1 N–H and O–H groups in total. The van der Waals surface area contributed by atoms with Gasteiger partial charge in [-0.15, -0.1) is 0 Å². The Morgan fingerprint density at radius 1 is 1.03 bits per heavy atom. The van der Waals surface area contributed by atoms with Crippen molar-refractivity contribution in [3.05, 3.63) is 92.8 Å². The fourth-order valence-corrected chi connectivity index (χ4v) is 4.21. The van der Waals surface area contributed by atoms with Gasteiger partial charge >= 0.3 is 0 Å². The fourth-order valence-electron chi connectivity index (χ4n) is 3.66. The molecular weight excluding hydrogens is 501 g/mol. The molecule has 5 nitrogen and oxygen atoms in total. The highest BCUT2D eigenvalue weighted by atomic mass is 127. The predicted octanol–water partition coefficient (Wildman–Crippen LogP) is 5.62.